The van der Waals surface area contributed by atoms with Crippen LogP contribution in [0.3, 0.4) is 0 Å². The van der Waals surface area contributed by atoms with Crippen molar-refractivity contribution in [3.05, 3.63) is 70.6 Å². The second-order valence-corrected chi connectivity index (χ2v) is 8.28. The van der Waals surface area contributed by atoms with E-state index in [1.54, 1.807) is 12.3 Å². The van der Waals surface area contributed by atoms with Gasteiger partial charge in [-0.3, -0.25) is 8.97 Å². The van der Waals surface area contributed by atoms with Gasteiger partial charge in [0.05, 0.1) is 18.4 Å². The highest BCUT2D eigenvalue weighted by molar-refractivity contribution is 6.29. The molecule has 0 radical (unpaired) electrons. The zero-order chi connectivity index (χ0) is 21.4. The smallest absolute Gasteiger partial charge is 0.278 e. The number of pyridine rings is 1. The predicted octanol–water partition coefficient (Wildman–Crippen LogP) is 5.55. The molecule has 7 nitrogen and oxygen atoms in total. The fourth-order valence-corrected chi connectivity index (χ4v) is 4.08. The van der Waals surface area contributed by atoms with E-state index in [0.29, 0.717) is 29.1 Å². The van der Waals surface area contributed by atoms with E-state index < -0.39 is 0 Å². The third-order valence-corrected chi connectivity index (χ3v) is 6.24. The molecule has 9 heteroatoms. The number of hydrogen-bond donors (Lipinski definition) is 0. The van der Waals surface area contributed by atoms with E-state index in [-0.39, 0.29) is 5.60 Å². The molecule has 0 spiro atoms. The first-order chi connectivity index (χ1) is 15.1. The minimum Gasteiger partial charge on any atom is -0.332 e. The third kappa shape index (κ3) is 3.84. The molecule has 0 aliphatic heterocycles. The van der Waals surface area contributed by atoms with Crippen LogP contribution >= 0.6 is 23.5 Å². The largest absolute Gasteiger partial charge is 0.332 e. The molecule has 5 rings (SSSR count). The molecule has 0 N–H and O–H groups in total. The van der Waals surface area contributed by atoms with Gasteiger partial charge in [0, 0.05) is 17.5 Å². The van der Waals surface area contributed by atoms with Crippen molar-refractivity contribution in [2.75, 3.05) is 0 Å². The summed E-state index contributed by atoms with van der Waals surface area (Å²) in [7, 11) is 0. The molecule has 158 valence electrons. The normalized spacial score (nSPS) is 15.1. The molecular formula is C22H19Cl2N5O2. The number of benzene rings is 1. The molecule has 1 aromatic carbocycles. The van der Waals surface area contributed by atoms with Crippen LogP contribution in [0.1, 0.15) is 36.1 Å². The molecule has 1 fully saturated rings. The standard InChI is InChI=1S/C22H19Cl2N5O2/c1-14-11-18(27-29(14)13-15-3-8-19(23)25-12-15)21-26-20(28-30-21)16-4-6-17(7-5-16)22(31-24)9-2-10-22/h3-8,11-12H,2,9-10,13H2,1H3. The Kier molecular flexibility index (Phi) is 5.25. The summed E-state index contributed by atoms with van der Waals surface area (Å²) in [6.45, 7) is 2.55. The van der Waals surface area contributed by atoms with E-state index in [2.05, 4.69) is 20.2 Å². The molecule has 0 atom stereocenters. The monoisotopic (exact) mass is 455 g/mol. The molecule has 4 aromatic rings. The Labute approximate surface area is 189 Å². The molecule has 0 saturated heterocycles. The van der Waals surface area contributed by atoms with Crippen LogP contribution in [0.5, 0.6) is 0 Å². The molecule has 0 amide bonds. The van der Waals surface area contributed by atoms with E-state index >= 15 is 0 Å². The average Bonchev–Trinajstić information content (AvgIpc) is 3.37. The van der Waals surface area contributed by atoms with Crippen molar-refractivity contribution in [2.24, 2.45) is 0 Å². The predicted molar refractivity (Wildman–Crippen MR) is 117 cm³/mol. The Morgan fingerprint density at radius 1 is 1.16 bits per heavy atom. The quantitative estimate of drug-likeness (QED) is 0.354. The van der Waals surface area contributed by atoms with Crippen LogP contribution in [0.15, 0.2) is 53.2 Å². The van der Waals surface area contributed by atoms with Gasteiger partial charge in [0.25, 0.3) is 5.89 Å². The highest BCUT2D eigenvalue weighted by Crippen LogP contribution is 2.45. The van der Waals surface area contributed by atoms with E-state index in [4.69, 9.17) is 32.3 Å². The summed E-state index contributed by atoms with van der Waals surface area (Å²) in [4.78, 5) is 8.64. The molecule has 3 aromatic heterocycles. The number of aryl methyl sites for hydroxylation is 1. The molecule has 1 aliphatic rings. The topological polar surface area (TPSA) is 78.9 Å². The minimum atomic E-state index is -0.369. The van der Waals surface area contributed by atoms with Gasteiger partial charge in [-0.15, -0.1) is 0 Å². The number of rotatable bonds is 6. The Bertz CT molecular complexity index is 1190. The van der Waals surface area contributed by atoms with E-state index in [9.17, 15) is 0 Å². The van der Waals surface area contributed by atoms with Crippen LogP contribution in [0.25, 0.3) is 23.0 Å². The van der Waals surface area contributed by atoms with Gasteiger partial charge in [-0.2, -0.15) is 10.1 Å². The molecule has 1 aliphatic carbocycles. The maximum Gasteiger partial charge on any atom is 0.278 e. The van der Waals surface area contributed by atoms with Gasteiger partial charge in [0.15, 0.2) is 5.69 Å². The fourth-order valence-electron chi connectivity index (χ4n) is 3.72. The first-order valence-electron chi connectivity index (χ1n) is 9.96. The van der Waals surface area contributed by atoms with Crippen molar-refractivity contribution in [2.45, 2.75) is 38.3 Å². The molecular weight excluding hydrogens is 437 g/mol. The first-order valence-corrected chi connectivity index (χ1v) is 10.6. The number of aromatic nitrogens is 5. The van der Waals surface area contributed by atoms with Crippen LogP contribution in [-0.4, -0.2) is 24.9 Å². The molecule has 0 bridgehead atoms. The lowest BCUT2D eigenvalue weighted by molar-refractivity contribution is -0.00366. The Hall–Kier alpha value is -2.74. The Morgan fingerprint density at radius 3 is 2.61 bits per heavy atom. The summed E-state index contributed by atoms with van der Waals surface area (Å²) in [5.74, 6) is 0.875. The highest BCUT2D eigenvalue weighted by atomic mass is 35.5. The van der Waals surface area contributed by atoms with Crippen LogP contribution in [0, 0.1) is 6.92 Å². The maximum atomic E-state index is 5.86. The summed E-state index contributed by atoms with van der Waals surface area (Å²) in [6.07, 6.45) is 4.70. The summed E-state index contributed by atoms with van der Waals surface area (Å²) >= 11 is 11.6. The number of nitrogens with zero attached hydrogens (tertiary/aromatic N) is 5. The lowest BCUT2D eigenvalue weighted by Gasteiger charge is -2.39. The number of hydrogen-bond acceptors (Lipinski definition) is 6. The maximum absolute atomic E-state index is 5.86. The van der Waals surface area contributed by atoms with Gasteiger partial charge >= 0.3 is 0 Å². The summed E-state index contributed by atoms with van der Waals surface area (Å²) in [6, 6.07) is 13.5. The minimum absolute atomic E-state index is 0.369. The molecule has 0 unspecified atom stereocenters. The summed E-state index contributed by atoms with van der Waals surface area (Å²) < 4.78 is 12.6. The first kappa shape index (κ1) is 20.2. The SMILES string of the molecule is Cc1cc(-c2nc(-c3ccc(C4(OCl)CCC4)cc3)no2)nn1Cc1ccc(Cl)nc1. The van der Waals surface area contributed by atoms with Gasteiger partial charge in [-0.05, 0) is 49.4 Å². The van der Waals surface area contributed by atoms with Gasteiger partial charge in [-0.1, -0.05) is 47.1 Å². The zero-order valence-electron chi connectivity index (χ0n) is 16.8. The Morgan fingerprint density at radius 2 is 1.97 bits per heavy atom. The van der Waals surface area contributed by atoms with Crippen LogP contribution < -0.4 is 0 Å². The fraction of sp³-hybridized carbons (Fsp3) is 0.273. The average molecular weight is 456 g/mol. The summed E-state index contributed by atoms with van der Waals surface area (Å²) in [5, 5.41) is 9.20. The van der Waals surface area contributed by atoms with Gasteiger partial charge in [-0.25, -0.2) is 4.98 Å². The third-order valence-electron chi connectivity index (χ3n) is 5.73. The van der Waals surface area contributed by atoms with Crippen molar-refractivity contribution < 1.29 is 8.81 Å². The lowest BCUT2D eigenvalue weighted by atomic mass is 9.75. The second kappa shape index (κ2) is 8.07. The van der Waals surface area contributed by atoms with Crippen molar-refractivity contribution in [3.63, 3.8) is 0 Å². The van der Waals surface area contributed by atoms with Gasteiger partial charge in [0.1, 0.15) is 10.8 Å². The van der Waals surface area contributed by atoms with Crippen LogP contribution in [0.4, 0.5) is 0 Å². The lowest BCUT2D eigenvalue weighted by Crippen LogP contribution is -2.34. The van der Waals surface area contributed by atoms with Crippen LogP contribution in [0.2, 0.25) is 5.15 Å². The van der Waals surface area contributed by atoms with E-state index in [1.165, 1.54) is 0 Å². The van der Waals surface area contributed by atoms with Gasteiger partial charge in [0.2, 0.25) is 5.82 Å². The van der Waals surface area contributed by atoms with E-state index in [1.807, 2.05) is 48.0 Å². The van der Waals surface area contributed by atoms with Crippen molar-refractivity contribution in [1.29, 1.82) is 0 Å². The van der Waals surface area contributed by atoms with Crippen molar-refractivity contribution in [3.8, 4) is 23.0 Å². The molecule has 1 saturated carbocycles. The van der Waals surface area contributed by atoms with Crippen molar-refractivity contribution in [1.82, 2.24) is 24.9 Å². The van der Waals surface area contributed by atoms with E-state index in [0.717, 1.165) is 41.6 Å². The Balaban J connectivity index is 1.35. The van der Waals surface area contributed by atoms with Crippen LogP contribution in [-0.2, 0) is 16.4 Å². The number of halogens is 2. The zero-order valence-corrected chi connectivity index (χ0v) is 18.3. The highest BCUT2D eigenvalue weighted by Gasteiger charge is 2.40. The molecule has 3 heterocycles. The van der Waals surface area contributed by atoms with Crippen molar-refractivity contribution >= 4 is 23.5 Å². The summed E-state index contributed by atoms with van der Waals surface area (Å²) in [5.41, 5.74) is 4.14. The second-order valence-electron chi connectivity index (χ2n) is 7.74. The molecule has 31 heavy (non-hydrogen) atoms. The van der Waals surface area contributed by atoms with Gasteiger partial charge < -0.3 is 4.52 Å².